The van der Waals surface area contributed by atoms with E-state index >= 15 is 0 Å². The Bertz CT molecular complexity index is 801. The van der Waals surface area contributed by atoms with Gasteiger partial charge in [-0.15, -0.1) is 10.2 Å². The highest BCUT2D eigenvalue weighted by molar-refractivity contribution is 5.94. The lowest BCUT2D eigenvalue weighted by Crippen LogP contribution is -2.49. The molecule has 2 aromatic rings. The van der Waals surface area contributed by atoms with Gasteiger partial charge in [0.25, 0.3) is 5.91 Å². The third-order valence-electron chi connectivity index (χ3n) is 4.17. The van der Waals surface area contributed by atoms with Gasteiger partial charge in [0.2, 0.25) is 5.88 Å². The Hall–Kier alpha value is -2.91. The second kappa shape index (κ2) is 7.99. The van der Waals surface area contributed by atoms with Crippen molar-refractivity contribution in [3.05, 3.63) is 41.7 Å². The highest BCUT2D eigenvalue weighted by Gasteiger charge is 2.33. The van der Waals surface area contributed by atoms with E-state index in [0.29, 0.717) is 43.4 Å². The van der Waals surface area contributed by atoms with E-state index in [2.05, 4.69) is 15.2 Å². The maximum absolute atomic E-state index is 12.6. The van der Waals surface area contributed by atoms with Crippen molar-refractivity contribution in [1.82, 2.24) is 20.1 Å². The van der Waals surface area contributed by atoms with Crippen LogP contribution in [0.15, 0.2) is 30.5 Å². The van der Waals surface area contributed by atoms with E-state index in [4.69, 9.17) is 4.74 Å². The highest BCUT2D eigenvalue weighted by Crippen LogP contribution is 2.27. The van der Waals surface area contributed by atoms with E-state index < -0.39 is 11.9 Å². The van der Waals surface area contributed by atoms with Crippen molar-refractivity contribution in [2.24, 2.45) is 0 Å². The molecular weight excluding hydrogens is 375 g/mol. The molecule has 0 spiro atoms. The average Bonchev–Trinajstić information content (AvgIpc) is 2.67. The van der Waals surface area contributed by atoms with Gasteiger partial charge in [-0.25, -0.2) is 4.98 Å². The van der Waals surface area contributed by atoms with Gasteiger partial charge in [-0.3, -0.25) is 4.79 Å². The summed E-state index contributed by atoms with van der Waals surface area (Å²) in [5.41, 5.74) is -0.568. The van der Waals surface area contributed by atoms with E-state index in [1.165, 1.54) is 12.3 Å². The van der Waals surface area contributed by atoms with Gasteiger partial charge in [-0.05, 0) is 32.0 Å². The number of hydrogen-bond donors (Lipinski definition) is 0. The number of rotatable bonds is 4. The van der Waals surface area contributed by atoms with Crippen molar-refractivity contribution in [1.29, 1.82) is 0 Å². The lowest BCUT2D eigenvalue weighted by molar-refractivity contribution is -0.141. The summed E-state index contributed by atoms with van der Waals surface area (Å²) in [6, 6.07) is 5.53. The minimum absolute atomic E-state index is 0.00424. The average molecular weight is 395 g/mol. The number of carbonyl (C=O) groups is 1. The topological polar surface area (TPSA) is 71.5 Å². The van der Waals surface area contributed by atoms with Crippen molar-refractivity contribution < 1.29 is 22.7 Å². The number of ether oxygens (including phenoxy) is 1. The standard InChI is InChI=1S/C18H20F3N5O2/c1-12(2)28-16-6-3-13(11-22-16)17(27)26-9-7-25(8-10-26)15-5-4-14(23-24-15)18(19,20)21/h3-6,11-12H,7-10H2,1-2H3. The first-order valence-corrected chi connectivity index (χ1v) is 8.82. The van der Waals surface area contributed by atoms with Gasteiger partial charge >= 0.3 is 6.18 Å². The summed E-state index contributed by atoms with van der Waals surface area (Å²) in [4.78, 5) is 20.2. The van der Waals surface area contributed by atoms with Crippen LogP contribution >= 0.6 is 0 Å². The number of piperazine rings is 1. The zero-order chi connectivity index (χ0) is 20.3. The molecule has 1 amide bonds. The number of alkyl halides is 3. The van der Waals surface area contributed by atoms with E-state index in [1.807, 2.05) is 13.8 Å². The van der Waals surface area contributed by atoms with E-state index in [1.54, 1.807) is 21.9 Å². The van der Waals surface area contributed by atoms with E-state index in [-0.39, 0.29) is 12.0 Å². The minimum Gasteiger partial charge on any atom is -0.475 e. The van der Waals surface area contributed by atoms with Gasteiger partial charge in [0.05, 0.1) is 11.7 Å². The molecule has 0 aliphatic carbocycles. The Morgan fingerprint density at radius 2 is 1.79 bits per heavy atom. The molecule has 3 rings (SSSR count). The van der Waals surface area contributed by atoms with Crippen LogP contribution in [-0.2, 0) is 6.18 Å². The molecule has 1 aliphatic rings. The zero-order valence-corrected chi connectivity index (χ0v) is 15.5. The first-order chi connectivity index (χ1) is 13.2. The number of amides is 1. The predicted octanol–water partition coefficient (Wildman–Crippen LogP) is 2.64. The lowest BCUT2D eigenvalue weighted by Gasteiger charge is -2.35. The molecule has 3 heterocycles. The lowest BCUT2D eigenvalue weighted by atomic mass is 10.2. The van der Waals surface area contributed by atoms with E-state index in [0.717, 1.165) is 6.07 Å². The van der Waals surface area contributed by atoms with Crippen LogP contribution in [0.2, 0.25) is 0 Å². The third kappa shape index (κ3) is 4.68. The molecule has 1 fully saturated rings. The van der Waals surface area contributed by atoms with Gasteiger partial charge in [0.1, 0.15) is 0 Å². The normalized spacial score (nSPS) is 15.1. The van der Waals surface area contributed by atoms with Crippen LogP contribution in [0.3, 0.4) is 0 Å². The van der Waals surface area contributed by atoms with Crippen LogP contribution in [-0.4, -0.2) is 58.3 Å². The summed E-state index contributed by atoms with van der Waals surface area (Å²) in [6.07, 6.45) is -3.04. The second-order valence-corrected chi connectivity index (χ2v) is 6.61. The van der Waals surface area contributed by atoms with Crippen LogP contribution in [0.4, 0.5) is 19.0 Å². The van der Waals surface area contributed by atoms with Crippen molar-refractivity contribution in [3.8, 4) is 5.88 Å². The molecular formula is C18H20F3N5O2. The molecule has 0 unspecified atom stereocenters. The van der Waals surface area contributed by atoms with Gasteiger partial charge in [-0.1, -0.05) is 0 Å². The Morgan fingerprint density at radius 3 is 2.29 bits per heavy atom. The van der Waals surface area contributed by atoms with Gasteiger partial charge in [0, 0.05) is 38.4 Å². The van der Waals surface area contributed by atoms with Crippen molar-refractivity contribution in [3.63, 3.8) is 0 Å². The van der Waals surface area contributed by atoms with Crippen LogP contribution in [0.25, 0.3) is 0 Å². The number of hydrogen-bond acceptors (Lipinski definition) is 6. The van der Waals surface area contributed by atoms with E-state index in [9.17, 15) is 18.0 Å². The van der Waals surface area contributed by atoms with Gasteiger partial charge < -0.3 is 14.5 Å². The van der Waals surface area contributed by atoms with Gasteiger partial charge in [0.15, 0.2) is 11.5 Å². The summed E-state index contributed by atoms with van der Waals surface area (Å²) >= 11 is 0. The SMILES string of the molecule is CC(C)Oc1ccc(C(=O)N2CCN(c3ccc(C(F)(F)F)nn3)CC2)cn1. The Balaban J connectivity index is 1.58. The third-order valence-corrected chi connectivity index (χ3v) is 4.17. The fourth-order valence-electron chi connectivity index (χ4n) is 2.78. The maximum atomic E-state index is 12.6. The van der Waals surface area contributed by atoms with Crippen molar-refractivity contribution >= 4 is 11.7 Å². The monoisotopic (exact) mass is 395 g/mol. The molecule has 10 heteroatoms. The predicted molar refractivity (Wildman–Crippen MR) is 95.2 cm³/mol. The molecule has 1 saturated heterocycles. The molecule has 2 aromatic heterocycles. The van der Waals surface area contributed by atoms with Gasteiger partial charge in [-0.2, -0.15) is 13.2 Å². The Morgan fingerprint density at radius 1 is 1.07 bits per heavy atom. The molecule has 0 aromatic carbocycles. The number of aromatic nitrogens is 3. The number of pyridine rings is 1. The molecule has 0 N–H and O–H groups in total. The summed E-state index contributed by atoms with van der Waals surface area (Å²) in [5, 5.41) is 6.90. The molecule has 0 saturated carbocycles. The number of anilines is 1. The van der Waals surface area contributed by atoms with Crippen LogP contribution in [0.1, 0.15) is 29.9 Å². The number of halogens is 3. The minimum atomic E-state index is -4.51. The van der Waals surface area contributed by atoms with Crippen LogP contribution in [0.5, 0.6) is 5.88 Å². The summed E-state index contributed by atoms with van der Waals surface area (Å²) in [5.74, 6) is 0.663. The molecule has 0 radical (unpaired) electrons. The smallest absolute Gasteiger partial charge is 0.435 e. The fourth-order valence-corrected chi connectivity index (χ4v) is 2.78. The molecule has 1 aliphatic heterocycles. The Kier molecular flexibility index (Phi) is 5.66. The van der Waals surface area contributed by atoms with Crippen LogP contribution < -0.4 is 9.64 Å². The molecule has 28 heavy (non-hydrogen) atoms. The number of carbonyl (C=O) groups excluding carboxylic acids is 1. The molecule has 150 valence electrons. The first kappa shape index (κ1) is 19.8. The summed E-state index contributed by atoms with van der Waals surface area (Å²) in [7, 11) is 0. The van der Waals surface area contributed by atoms with Crippen LogP contribution in [0, 0.1) is 0 Å². The quantitative estimate of drug-likeness (QED) is 0.793. The molecule has 0 bridgehead atoms. The first-order valence-electron chi connectivity index (χ1n) is 8.82. The molecule has 0 atom stereocenters. The highest BCUT2D eigenvalue weighted by atomic mass is 19.4. The fraction of sp³-hybridized carbons (Fsp3) is 0.444. The largest absolute Gasteiger partial charge is 0.475 e. The van der Waals surface area contributed by atoms with Crippen molar-refractivity contribution in [2.45, 2.75) is 26.1 Å². The summed E-state index contributed by atoms with van der Waals surface area (Å²) in [6.45, 7) is 5.53. The summed E-state index contributed by atoms with van der Waals surface area (Å²) < 4.78 is 43.2. The zero-order valence-electron chi connectivity index (χ0n) is 15.5. The van der Waals surface area contributed by atoms with Crippen molar-refractivity contribution in [2.75, 3.05) is 31.1 Å². The Labute approximate surface area is 160 Å². The molecule has 7 nitrogen and oxygen atoms in total. The number of nitrogens with zero attached hydrogens (tertiary/aromatic N) is 5. The second-order valence-electron chi connectivity index (χ2n) is 6.61. The maximum Gasteiger partial charge on any atom is 0.435 e.